The maximum Gasteiger partial charge on any atom is 0.298 e. The Labute approximate surface area is 198 Å². The van der Waals surface area contributed by atoms with E-state index in [1.54, 1.807) is 10.6 Å². The molecule has 6 rings (SSSR count). The highest BCUT2D eigenvalue weighted by atomic mass is 32.1. The van der Waals surface area contributed by atoms with Gasteiger partial charge in [-0.25, -0.2) is 4.98 Å². The van der Waals surface area contributed by atoms with Crippen molar-refractivity contribution in [3.05, 3.63) is 82.1 Å². The van der Waals surface area contributed by atoms with Gasteiger partial charge in [0.25, 0.3) is 11.5 Å². The molecular formula is C25H22N6O2S. The molecule has 3 aromatic heterocycles. The molecule has 0 unspecified atom stereocenters. The first-order valence-corrected chi connectivity index (χ1v) is 11.8. The summed E-state index contributed by atoms with van der Waals surface area (Å²) in [5.74, 6) is -0.257. The Morgan fingerprint density at radius 1 is 1.06 bits per heavy atom. The molecule has 1 aliphatic rings. The fourth-order valence-electron chi connectivity index (χ4n) is 4.48. The van der Waals surface area contributed by atoms with Gasteiger partial charge in [-0.05, 0) is 43.4 Å². The van der Waals surface area contributed by atoms with Crippen molar-refractivity contribution in [3.8, 4) is 11.4 Å². The SMILES string of the molecule is CN1CC(NC(=O)c2cc3c(nc(N)c(=O)n3-c3ccc4ccn(-c5ccccc5)c4c3)s2)C1. The molecule has 170 valence electrons. The summed E-state index contributed by atoms with van der Waals surface area (Å²) in [6.45, 7) is 1.65. The van der Waals surface area contributed by atoms with Gasteiger partial charge in [0.15, 0.2) is 5.82 Å². The summed E-state index contributed by atoms with van der Waals surface area (Å²) < 4.78 is 3.62. The van der Waals surface area contributed by atoms with Crippen LogP contribution in [0.15, 0.2) is 71.7 Å². The Morgan fingerprint density at radius 2 is 1.85 bits per heavy atom. The number of carbonyl (C=O) groups is 1. The van der Waals surface area contributed by atoms with E-state index in [9.17, 15) is 9.59 Å². The maximum atomic E-state index is 13.1. The zero-order valence-corrected chi connectivity index (χ0v) is 19.2. The minimum Gasteiger partial charge on any atom is -0.379 e. The number of fused-ring (bicyclic) bond motifs is 2. The van der Waals surface area contributed by atoms with Gasteiger partial charge in [-0.2, -0.15) is 0 Å². The number of nitrogens with one attached hydrogen (secondary N) is 1. The first kappa shape index (κ1) is 20.6. The van der Waals surface area contributed by atoms with Crippen molar-refractivity contribution in [1.82, 2.24) is 24.3 Å². The Hall–Kier alpha value is -3.95. The highest BCUT2D eigenvalue weighted by Crippen LogP contribution is 2.28. The van der Waals surface area contributed by atoms with Crippen molar-refractivity contribution in [2.75, 3.05) is 25.9 Å². The lowest BCUT2D eigenvalue weighted by Gasteiger charge is -2.36. The van der Waals surface area contributed by atoms with Gasteiger partial charge < -0.3 is 20.5 Å². The van der Waals surface area contributed by atoms with Crippen LogP contribution in [0.3, 0.4) is 0 Å². The summed E-state index contributed by atoms with van der Waals surface area (Å²) in [5.41, 5.74) is 8.81. The molecular weight excluding hydrogens is 448 g/mol. The molecule has 9 heteroatoms. The monoisotopic (exact) mass is 470 g/mol. The predicted molar refractivity (Wildman–Crippen MR) is 135 cm³/mol. The van der Waals surface area contributed by atoms with Crippen molar-refractivity contribution in [2.24, 2.45) is 0 Å². The number of anilines is 1. The van der Waals surface area contributed by atoms with Gasteiger partial charge in [-0.3, -0.25) is 14.2 Å². The van der Waals surface area contributed by atoms with E-state index < -0.39 is 5.56 Å². The molecule has 1 aliphatic heterocycles. The smallest absolute Gasteiger partial charge is 0.298 e. The molecule has 1 saturated heterocycles. The molecule has 1 amide bonds. The lowest BCUT2D eigenvalue weighted by atomic mass is 10.1. The van der Waals surface area contributed by atoms with Crippen LogP contribution >= 0.6 is 11.3 Å². The number of likely N-dealkylation sites (N-methyl/N-ethyl adjacent to an activating group) is 1. The molecule has 5 aromatic rings. The Morgan fingerprint density at radius 3 is 2.62 bits per heavy atom. The van der Waals surface area contributed by atoms with Gasteiger partial charge in [0.2, 0.25) is 0 Å². The number of aromatic nitrogens is 3. The van der Waals surface area contributed by atoms with Gasteiger partial charge in [0, 0.05) is 30.4 Å². The first-order valence-electron chi connectivity index (χ1n) is 11.0. The number of amides is 1. The summed E-state index contributed by atoms with van der Waals surface area (Å²) in [7, 11) is 2.01. The fourth-order valence-corrected chi connectivity index (χ4v) is 5.41. The van der Waals surface area contributed by atoms with Crippen molar-refractivity contribution >= 4 is 44.3 Å². The molecule has 0 atom stereocenters. The van der Waals surface area contributed by atoms with Crippen LogP contribution in [0, 0.1) is 0 Å². The van der Waals surface area contributed by atoms with Crippen LogP contribution in [0.2, 0.25) is 0 Å². The molecule has 0 radical (unpaired) electrons. The number of nitrogens with zero attached hydrogens (tertiary/aromatic N) is 4. The van der Waals surface area contributed by atoms with E-state index in [1.807, 2.05) is 67.8 Å². The first-order chi connectivity index (χ1) is 16.5. The number of likely N-dealkylation sites (tertiary alicyclic amines) is 1. The zero-order chi connectivity index (χ0) is 23.4. The molecule has 0 aliphatic carbocycles. The third kappa shape index (κ3) is 3.37. The molecule has 34 heavy (non-hydrogen) atoms. The number of para-hydroxylation sites is 1. The zero-order valence-electron chi connectivity index (χ0n) is 18.4. The average molecular weight is 471 g/mol. The number of thiophene rings is 1. The van der Waals surface area contributed by atoms with Crippen LogP contribution in [-0.4, -0.2) is 51.1 Å². The summed E-state index contributed by atoms with van der Waals surface area (Å²) >= 11 is 1.24. The quantitative estimate of drug-likeness (QED) is 0.421. The molecule has 0 spiro atoms. The largest absolute Gasteiger partial charge is 0.379 e. The van der Waals surface area contributed by atoms with E-state index in [-0.39, 0.29) is 17.8 Å². The van der Waals surface area contributed by atoms with Gasteiger partial charge in [-0.1, -0.05) is 24.3 Å². The topological polar surface area (TPSA) is 98.2 Å². The second-order valence-corrected chi connectivity index (χ2v) is 9.63. The molecule has 0 bridgehead atoms. The molecule has 0 saturated carbocycles. The number of nitrogen functional groups attached to an aromatic ring is 1. The second-order valence-electron chi connectivity index (χ2n) is 8.59. The predicted octanol–water partition coefficient (Wildman–Crippen LogP) is 3.02. The standard InChI is InChI=1S/C25H22N6O2S/c1-29-13-16(14-29)27-23(32)21-12-20-24(34-21)28-22(26)25(33)31(20)18-8-7-15-9-10-30(19(15)11-18)17-5-3-2-4-6-17/h2-12,16H,13-14H2,1H3,(H2,26,28)(H,27,32). The van der Waals surface area contributed by atoms with E-state index >= 15 is 0 Å². The number of rotatable bonds is 4. The highest BCUT2D eigenvalue weighted by Gasteiger charge is 2.26. The normalized spacial score (nSPS) is 14.5. The Bertz CT molecular complexity index is 1610. The van der Waals surface area contributed by atoms with Crippen molar-refractivity contribution in [2.45, 2.75) is 6.04 Å². The van der Waals surface area contributed by atoms with Gasteiger partial charge >= 0.3 is 0 Å². The van der Waals surface area contributed by atoms with E-state index in [2.05, 4.69) is 19.8 Å². The number of hydrogen-bond donors (Lipinski definition) is 2. The van der Waals surface area contributed by atoms with Crippen LogP contribution in [-0.2, 0) is 0 Å². The van der Waals surface area contributed by atoms with Crippen molar-refractivity contribution in [3.63, 3.8) is 0 Å². The van der Waals surface area contributed by atoms with Crippen LogP contribution in [0.25, 0.3) is 32.6 Å². The van der Waals surface area contributed by atoms with Gasteiger partial charge in [-0.15, -0.1) is 11.3 Å². The Balaban J connectivity index is 1.47. The van der Waals surface area contributed by atoms with Crippen LogP contribution < -0.4 is 16.6 Å². The van der Waals surface area contributed by atoms with Crippen LogP contribution in [0.5, 0.6) is 0 Å². The van der Waals surface area contributed by atoms with E-state index in [1.165, 1.54) is 11.3 Å². The summed E-state index contributed by atoms with van der Waals surface area (Å²) in [5, 5.41) is 4.09. The van der Waals surface area contributed by atoms with Crippen molar-refractivity contribution in [1.29, 1.82) is 0 Å². The summed E-state index contributed by atoms with van der Waals surface area (Å²) in [6.07, 6.45) is 2.01. The summed E-state index contributed by atoms with van der Waals surface area (Å²) in [4.78, 5) is 33.4. The lowest BCUT2D eigenvalue weighted by molar-refractivity contribution is 0.0862. The van der Waals surface area contributed by atoms with Crippen LogP contribution in [0.4, 0.5) is 5.82 Å². The van der Waals surface area contributed by atoms with Crippen LogP contribution in [0.1, 0.15) is 9.67 Å². The fraction of sp³-hybridized carbons (Fsp3) is 0.160. The van der Waals surface area contributed by atoms with Crippen molar-refractivity contribution < 1.29 is 4.79 Å². The molecule has 4 heterocycles. The minimum absolute atomic E-state index is 0.0968. The molecule has 1 fully saturated rings. The third-order valence-electron chi connectivity index (χ3n) is 6.17. The highest BCUT2D eigenvalue weighted by molar-refractivity contribution is 7.20. The molecule has 3 N–H and O–H groups in total. The van der Waals surface area contributed by atoms with Gasteiger partial charge in [0.05, 0.1) is 27.6 Å². The third-order valence-corrected chi connectivity index (χ3v) is 7.19. The van der Waals surface area contributed by atoms with E-state index in [0.717, 1.165) is 29.7 Å². The van der Waals surface area contributed by atoms with E-state index in [4.69, 9.17) is 5.73 Å². The lowest BCUT2D eigenvalue weighted by Crippen LogP contribution is -2.57. The number of nitrogens with two attached hydrogens (primary N) is 1. The molecule has 8 nitrogen and oxygen atoms in total. The minimum atomic E-state index is -0.407. The maximum absolute atomic E-state index is 13.1. The number of hydrogen-bond acceptors (Lipinski definition) is 6. The van der Waals surface area contributed by atoms with E-state index in [0.29, 0.717) is 20.9 Å². The average Bonchev–Trinajstić information content (AvgIpc) is 3.43. The summed E-state index contributed by atoms with van der Waals surface area (Å²) in [6, 6.07) is 19.7. The number of benzene rings is 2. The number of carbonyl (C=O) groups excluding carboxylic acids is 1. The Kier molecular flexibility index (Phi) is 4.75. The molecule has 2 aromatic carbocycles. The second kappa shape index (κ2) is 7.82. The van der Waals surface area contributed by atoms with Gasteiger partial charge in [0.1, 0.15) is 4.83 Å².